The minimum Gasteiger partial charge on any atom is -0.208 e. The highest BCUT2D eigenvalue weighted by Gasteiger charge is 2.50. The van der Waals surface area contributed by atoms with Crippen molar-refractivity contribution in [2.24, 2.45) is 0 Å². The second kappa shape index (κ2) is 13.2. The molecule has 262 valence electrons. The molecule has 1 aliphatic heterocycles. The van der Waals surface area contributed by atoms with Crippen LogP contribution >= 0.6 is 11.8 Å². The zero-order chi connectivity index (χ0) is 37.1. The van der Waals surface area contributed by atoms with Gasteiger partial charge in [-0.2, -0.15) is 0 Å². The van der Waals surface area contributed by atoms with Crippen LogP contribution in [-0.4, -0.2) is 15.0 Å². The Balaban J connectivity index is 1.07. The number of hydrogen-bond donors (Lipinski definition) is 0. The Morgan fingerprint density at radius 2 is 0.661 bits per heavy atom. The number of hydrogen-bond acceptors (Lipinski definition) is 4. The molecule has 0 unspecified atom stereocenters. The van der Waals surface area contributed by atoms with Gasteiger partial charge in [0.05, 0.1) is 5.41 Å². The molecule has 9 aromatic rings. The molecule has 0 radical (unpaired) electrons. The number of nitrogens with zero attached hydrogens (tertiary/aromatic N) is 3. The van der Waals surface area contributed by atoms with Crippen LogP contribution in [0.5, 0.6) is 0 Å². The molecule has 3 nitrogen and oxygen atoms in total. The lowest BCUT2D eigenvalue weighted by atomic mass is 9.67. The summed E-state index contributed by atoms with van der Waals surface area (Å²) in [5.41, 5.74) is 14.9. The molecular formula is C52H33N3S. The number of benzene rings is 8. The lowest BCUT2D eigenvalue weighted by molar-refractivity contribution is 0.722. The van der Waals surface area contributed by atoms with Gasteiger partial charge in [-0.05, 0) is 67.8 Å². The standard InChI is InChI=1S/C52H33N3S/c1-3-13-34(14-4-1)36-23-27-38(28-24-36)49-53-50(39-29-25-37(26-30-39)35-15-5-2-6-16-35)55-51(54-49)40-31-32-46-48(33-40)56-47-22-12-11-21-45(47)52(46)43-19-9-7-17-41(43)42-18-8-10-20-44(42)52/h1-33H. The van der Waals surface area contributed by atoms with Gasteiger partial charge >= 0.3 is 0 Å². The molecule has 0 atom stereocenters. The number of rotatable bonds is 5. The largest absolute Gasteiger partial charge is 0.208 e. The maximum Gasteiger partial charge on any atom is 0.164 e. The lowest BCUT2D eigenvalue weighted by Crippen LogP contribution is -2.31. The first-order valence-electron chi connectivity index (χ1n) is 18.9. The van der Waals surface area contributed by atoms with Crippen molar-refractivity contribution in [2.45, 2.75) is 15.2 Å². The molecule has 1 spiro atoms. The maximum absolute atomic E-state index is 5.19. The van der Waals surface area contributed by atoms with Gasteiger partial charge in [-0.15, -0.1) is 0 Å². The molecule has 0 N–H and O–H groups in total. The molecule has 4 heteroatoms. The highest BCUT2D eigenvalue weighted by Crippen LogP contribution is 2.62. The van der Waals surface area contributed by atoms with Crippen molar-refractivity contribution in [1.29, 1.82) is 0 Å². The minimum atomic E-state index is -0.431. The van der Waals surface area contributed by atoms with Crippen LogP contribution in [0.3, 0.4) is 0 Å². The van der Waals surface area contributed by atoms with Gasteiger partial charge in [0.25, 0.3) is 0 Å². The molecule has 8 aromatic carbocycles. The van der Waals surface area contributed by atoms with E-state index >= 15 is 0 Å². The summed E-state index contributed by atoms with van der Waals surface area (Å²) in [5.74, 6) is 1.93. The second-order valence-corrected chi connectivity index (χ2v) is 15.4. The zero-order valence-electron chi connectivity index (χ0n) is 30.3. The maximum atomic E-state index is 5.19. The van der Waals surface area contributed by atoms with Gasteiger partial charge in [0.15, 0.2) is 17.5 Å². The molecule has 11 rings (SSSR count). The summed E-state index contributed by atoms with van der Waals surface area (Å²) >= 11 is 1.83. The van der Waals surface area contributed by atoms with Crippen molar-refractivity contribution < 1.29 is 0 Å². The average Bonchev–Trinajstić information content (AvgIpc) is 3.57. The van der Waals surface area contributed by atoms with E-state index in [-0.39, 0.29) is 0 Å². The second-order valence-electron chi connectivity index (χ2n) is 14.3. The predicted octanol–water partition coefficient (Wildman–Crippen LogP) is 13.0. The Morgan fingerprint density at radius 3 is 1.20 bits per heavy atom. The SMILES string of the molecule is c1ccc(-c2ccc(-c3nc(-c4ccc(-c5ccccc5)cc4)nc(-c4ccc5c(c4)Sc4ccccc4C54c5ccccc5-c5ccccc54)n3)cc2)cc1. The number of aromatic nitrogens is 3. The van der Waals surface area contributed by atoms with Crippen molar-refractivity contribution in [3.05, 3.63) is 222 Å². The molecule has 2 heterocycles. The van der Waals surface area contributed by atoms with Gasteiger partial charge in [-0.25, -0.2) is 15.0 Å². The van der Waals surface area contributed by atoms with E-state index in [9.17, 15) is 0 Å². The van der Waals surface area contributed by atoms with Gasteiger partial charge in [0.1, 0.15) is 0 Å². The van der Waals surface area contributed by atoms with E-state index < -0.39 is 5.41 Å². The Labute approximate surface area is 330 Å². The monoisotopic (exact) mass is 731 g/mol. The van der Waals surface area contributed by atoms with E-state index in [1.165, 1.54) is 54.3 Å². The molecule has 0 saturated heterocycles. The first kappa shape index (κ1) is 32.5. The van der Waals surface area contributed by atoms with Crippen molar-refractivity contribution in [3.8, 4) is 67.5 Å². The first-order valence-corrected chi connectivity index (χ1v) is 19.8. The van der Waals surface area contributed by atoms with Gasteiger partial charge in [-0.3, -0.25) is 0 Å². The third-order valence-electron chi connectivity index (χ3n) is 11.2. The quantitative estimate of drug-likeness (QED) is 0.177. The Bertz CT molecular complexity index is 2770. The molecule has 0 saturated carbocycles. The molecule has 1 aliphatic carbocycles. The molecule has 1 aromatic heterocycles. The molecular weight excluding hydrogens is 699 g/mol. The predicted molar refractivity (Wildman–Crippen MR) is 228 cm³/mol. The summed E-state index contributed by atoms with van der Waals surface area (Å²) in [7, 11) is 0. The molecule has 2 aliphatic rings. The van der Waals surface area contributed by atoms with Gasteiger partial charge in [0, 0.05) is 26.5 Å². The summed E-state index contributed by atoms with van der Waals surface area (Å²) < 4.78 is 0. The van der Waals surface area contributed by atoms with E-state index in [0.29, 0.717) is 17.5 Å². The Hall–Kier alpha value is -6.88. The zero-order valence-corrected chi connectivity index (χ0v) is 31.1. The summed E-state index contributed by atoms with van der Waals surface area (Å²) in [4.78, 5) is 17.9. The van der Waals surface area contributed by atoms with Crippen LogP contribution in [0.2, 0.25) is 0 Å². The van der Waals surface area contributed by atoms with Crippen LogP contribution in [0.4, 0.5) is 0 Å². The first-order chi connectivity index (χ1) is 27.7. The van der Waals surface area contributed by atoms with E-state index in [0.717, 1.165) is 27.8 Å². The van der Waals surface area contributed by atoms with Crippen molar-refractivity contribution >= 4 is 11.8 Å². The van der Waals surface area contributed by atoms with Crippen LogP contribution in [0.25, 0.3) is 67.5 Å². The smallest absolute Gasteiger partial charge is 0.164 e. The van der Waals surface area contributed by atoms with Gasteiger partial charge in [0.2, 0.25) is 0 Å². The normalized spacial score (nSPS) is 13.1. The summed E-state index contributed by atoms with van der Waals surface area (Å²) in [6.45, 7) is 0. The third kappa shape index (κ3) is 5.18. The molecule has 0 amide bonds. The number of fused-ring (bicyclic) bond motifs is 9. The topological polar surface area (TPSA) is 38.7 Å². The van der Waals surface area contributed by atoms with Crippen molar-refractivity contribution in [1.82, 2.24) is 15.0 Å². The van der Waals surface area contributed by atoms with E-state index in [2.05, 4.69) is 188 Å². The Morgan fingerprint density at radius 1 is 0.286 bits per heavy atom. The summed E-state index contributed by atoms with van der Waals surface area (Å²) in [6, 6.07) is 71.5. The average molecular weight is 732 g/mol. The van der Waals surface area contributed by atoms with Gasteiger partial charge < -0.3 is 0 Å². The van der Waals surface area contributed by atoms with Crippen molar-refractivity contribution in [3.63, 3.8) is 0 Å². The minimum absolute atomic E-state index is 0.431. The van der Waals surface area contributed by atoms with Crippen molar-refractivity contribution in [2.75, 3.05) is 0 Å². The van der Waals surface area contributed by atoms with Gasteiger partial charge in [-0.1, -0.05) is 200 Å². The van der Waals surface area contributed by atoms with Crippen LogP contribution in [0, 0.1) is 0 Å². The molecule has 56 heavy (non-hydrogen) atoms. The van der Waals surface area contributed by atoms with E-state index in [1.807, 2.05) is 23.9 Å². The fourth-order valence-electron chi connectivity index (χ4n) is 8.65. The summed E-state index contributed by atoms with van der Waals surface area (Å²) in [6.07, 6.45) is 0. The highest BCUT2D eigenvalue weighted by atomic mass is 32.2. The third-order valence-corrected chi connectivity index (χ3v) is 12.4. The fraction of sp³-hybridized carbons (Fsp3) is 0.0192. The highest BCUT2D eigenvalue weighted by molar-refractivity contribution is 7.99. The lowest BCUT2D eigenvalue weighted by Gasteiger charge is -2.39. The molecule has 0 bridgehead atoms. The van der Waals surface area contributed by atoms with E-state index in [4.69, 9.17) is 15.0 Å². The van der Waals surface area contributed by atoms with Crippen LogP contribution in [-0.2, 0) is 5.41 Å². The van der Waals surface area contributed by atoms with Crippen LogP contribution < -0.4 is 0 Å². The molecule has 0 fully saturated rings. The summed E-state index contributed by atoms with van der Waals surface area (Å²) in [5, 5.41) is 0. The van der Waals surface area contributed by atoms with Crippen LogP contribution in [0.1, 0.15) is 22.3 Å². The van der Waals surface area contributed by atoms with Crippen LogP contribution in [0.15, 0.2) is 210 Å². The Kier molecular flexibility index (Phi) is 7.64. The fourth-order valence-corrected chi connectivity index (χ4v) is 9.88. The van der Waals surface area contributed by atoms with E-state index in [1.54, 1.807) is 0 Å².